The number of aryl methyl sites for hydroxylation is 1. The predicted molar refractivity (Wildman–Crippen MR) is 109 cm³/mol. The van der Waals surface area contributed by atoms with Crippen LogP contribution in [0.3, 0.4) is 0 Å². The Morgan fingerprint density at radius 3 is 2.63 bits per heavy atom. The van der Waals surface area contributed by atoms with E-state index in [0.29, 0.717) is 18.1 Å². The number of nitrogens with zero attached hydrogens (tertiary/aromatic N) is 2. The summed E-state index contributed by atoms with van der Waals surface area (Å²) in [6, 6.07) is 10.4. The Morgan fingerprint density at radius 2 is 1.89 bits per heavy atom. The van der Waals surface area contributed by atoms with Crippen molar-refractivity contribution in [2.75, 3.05) is 18.4 Å². The highest BCUT2D eigenvalue weighted by Crippen LogP contribution is 2.19. The molecular formula is C22H28N4O. The van der Waals surface area contributed by atoms with Crippen molar-refractivity contribution in [3.63, 3.8) is 0 Å². The van der Waals surface area contributed by atoms with Crippen LogP contribution in [0.5, 0.6) is 0 Å². The lowest BCUT2D eigenvalue weighted by Crippen LogP contribution is -2.26. The summed E-state index contributed by atoms with van der Waals surface area (Å²) in [4.78, 5) is 20.7. The summed E-state index contributed by atoms with van der Waals surface area (Å²) in [5.74, 6) is 0.543. The fourth-order valence-electron chi connectivity index (χ4n) is 3.25. The van der Waals surface area contributed by atoms with Gasteiger partial charge in [0.1, 0.15) is 11.5 Å². The number of hydrogen-bond donors (Lipinski definition) is 2. The number of aromatic nitrogens is 2. The Kier molecular flexibility index (Phi) is 7.39. The van der Waals surface area contributed by atoms with Gasteiger partial charge in [0.2, 0.25) is 0 Å². The molecule has 142 valence electrons. The van der Waals surface area contributed by atoms with E-state index in [1.807, 2.05) is 6.07 Å². The van der Waals surface area contributed by atoms with Gasteiger partial charge in [-0.3, -0.25) is 4.79 Å². The molecule has 1 aromatic heterocycles. The van der Waals surface area contributed by atoms with Crippen LogP contribution >= 0.6 is 0 Å². The Balaban J connectivity index is 1.36. The van der Waals surface area contributed by atoms with Crippen LogP contribution in [0, 0.1) is 0 Å². The van der Waals surface area contributed by atoms with Crippen LogP contribution < -0.4 is 10.6 Å². The zero-order valence-electron chi connectivity index (χ0n) is 15.8. The van der Waals surface area contributed by atoms with Crippen LogP contribution in [0.2, 0.25) is 0 Å². The maximum absolute atomic E-state index is 12.2. The third-order valence-corrected chi connectivity index (χ3v) is 4.79. The number of rotatable bonds is 9. The van der Waals surface area contributed by atoms with Crippen molar-refractivity contribution in [1.82, 2.24) is 15.3 Å². The van der Waals surface area contributed by atoms with Crippen LogP contribution in [0.15, 0.2) is 54.4 Å². The molecule has 1 aromatic carbocycles. The van der Waals surface area contributed by atoms with E-state index in [1.54, 1.807) is 6.20 Å². The summed E-state index contributed by atoms with van der Waals surface area (Å²) in [5.41, 5.74) is 3.16. The van der Waals surface area contributed by atoms with Crippen LogP contribution in [-0.4, -0.2) is 29.0 Å². The van der Waals surface area contributed by atoms with E-state index in [-0.39, 0.29) is 5.91 Å². The number of amides is 1. The van der Waals surface area contributed by atoms with Gasteiger partial charge in [0, 0.05) is 13.1 Å². The van der Waals surface area contributed by atoms with Crippen molar-refractivity contribution in [3.05, 3.63) is 65.6 Å². The Labute approximate surface area is 161 Å². The Bertz CT molecular complexity index is 741. The minimum Gasteiger partial charge on any atom is -0.369 e. The highest BCUT2D eigenvalue weighted by atomic mass is 16.1. The average Bonchev–Trinajstić information content (AvgIpc) is 2.73. The molecule has 2 aromatic rings. The van der Waals surface area contributed by atoms with Gasteiger partial charge in [-0.25, -0.2) is 9.97 Å². The molecule has 5 nitrogen and oxygen atoms in total. The Morgan fingerprint density at radius 1 is 1.00 bits per heavy atom. The molecular weight excluding hydrogens is 336 g/mol. The van der Waals surface area contributed by atoms with Gasteiger partial charge >= 0.3 is 0 Å². The number of anilines is 1. The molecule has 1 amide bonds. The van der Waals surface area contributed by atoms with E-state index in [4.69, 9.17) is 0 Å². The SMILES string of the molecule is O=C(NCCC1=CCCCC1)c1cnc(NCCCc2ccccc2)cn1. The third-order valence-electron chi connectivity index (χ3n) is 4.79. The maximum Gasteiger partial charge on any atom is 0.271 e. The van der Waals surface area contributed by atoms with Crippen molar-refractivity contribution >= 4 is 11.7 Å². The van der Waals surface area contributed by atoms with Gasteiger partial charge in [-0.2, -0.15) is 0 Å². The van der Waals surface area contributed by atoms with Crippen LogP contribution in [-0.2, 0) is 6.42 Å². The molecule has 0 fully saturated rings. The number of nitrogens with one attached hydrogen (secondary N) is 2. The molecule has 0 aliphatic heterocycles. The fourth-order valence-corrected chi connectivity index (χ4v) is 3.25. The molecule has 0 radical (unpaired) electrons. The second kappa shape index (κ2) is 10.5. The molecule has 1 aliphatic rings. The van der Waals surface area contributed by atoms with Crippen molar-refractivity contribution < 1.29 is 4.79 Å². The molecule has 1 aliphatic carbocycles. The number of carbonyl (C=O) groups is 1. The lowest BCUT2D eigenvalue weighted by molar-refractivity contribution is 0.0948. The maximum atomic E-state index is 12.2. The number of carbonyl (C=O) groups excluding carboxylic acids is 1. The second-order valence-electron chi connectivity index (χ2n) is 6.92. The molecule has 0 saturated heterocycles. The highest BCUT2D eigenvalue weighted by Gasteiger charge is 2.09. The van der Waals surface area contributed by atoms with Crippen LogP contribution in [0.4, 0.5) is 5.82 Å². The van der Waals surface area contributed by atoms with Crippen LogP contribution in [0.1, 0.15) is 54.6 Å². The zero-order valence-corrected chi connectivity index (χ0v) is 15.8. The third kappa shape index (κ3) is 6.51. The lowest BCUT2D eigenvalue weighted by atomic mass is 9.97. The smallest absolute Gasteiger partial charge is 0.271 e. The van der Waals surface area contributed by atoms with Gasteiger partial charge in [0.15, 0.2) is 0 Å². The summed E-state index contributed by atoms with van der Waals surface area (Å²) >= 11 is 0. The van der Waals surface area contributed by atoms with E-state index >= 15 is 0 Å². The number of allylic oxidation sites excluding steroid dienone is 1. The van der Waals surface area contributed by atoms with Gasteiger partial charge < -0.3 is 10.6 Å². The minimum absolute atomic E-state index is 0.158. The normalized spacial score (nSPS) is 13.7. The number of hydrogen-bond acceptors (Lipinski definition) is 4. The highest BCUT2D eigenvalue weighted by molar-refractivity contribution is 5.91. The molecule has 0 saturated carbocycles. The van der Waals surface area contributed by atoms with Crippen LogP contribution in [0.25, 0.3) is 0 Å². The van der Waals surface area contributed by atoms with E-state index in [9.17, 15) is 4.79 Å². The summed E-state index contributed by atoms with van der Waals surface area (Å²) in [6.45, 7) is 1.48. The van der Waals surface area contributed by atoms with Gasteiger partial charge in [0.05, 0.1) is 12.4 Å². The first-order chi connectivity index (χ1) is 13.3. The quantitative estimate of drug-likeness (QED) is 0.518. The first-order valence-electron chi connectivity index (χ1n) is 9.87. The molecule has 1 heterocycles. The summed E-state index contributed by atoms with van der Waals surface area (Å²) in [6.07, 6.45) is 13.4. The fraction of sp³-hybridized carbons (Fsp3) is 0.409. The monoisotopic (exact) mass is 364 g/mol. The molecule has 0 bridgehead atoms. The minimum atomic E-state index is -0.158. The first kappa shape index (κ1) is 19.1. The largest absolute Gasteiger partial charge is 0.369 e. The van der Waals surface area contributed by atoms with E-state index in [2.05, 4.69) is 50.9 Å². The van der Waals surface area contributed by atoms with E-state index in [1.165, 1.54) is 43.0 Å². The molecule has 0 atom stereocenters. The van der Waals surface area contributed by atoms with Gasteiger partial charge in [0.25, 0.3) is 5.91 Å². The summed E-state index contributed by atoms with van der Waals surface area (Å²) < 4.78 is 0. The average molecular weight is 364 g/mol. The zero-order chi connectivity index (χ0) is 18.7. The van der Waals surface area contributed by atoms with Crippen molar-refractivity contribution in [3.8, 4) is 0 Å². The standard InChI is InChI=1S/C22H28N4O/c27-22(24-15-13-19-10-5-2-6-11-19)20-16-26-21(17-25-20)23-14-7-12-18-8-3-1-4-9-18/h1,3-4,8-10,16-17H,2,5-7,11-15H2,(H,23,26)(H,24,27). The molecule has 0 spiro atoms. The number of benzene rings is 1. The van der Waals surface area contributed by atoms with Gasteiger partial charge in [-0.05, 0) is 50.5 Å². The predicted octanol–water partition coefficient (Wildman–Crippen LogP) is 4.14. The Hall–Kier alpha value is -2.69. The molecule has 2 N–H and O–H groups in total. The molecule has 27 heavy (non-hydrogen) atoms. The molecule has 3 rings (SSSR count). The van der Waals surface area contributed by atoms with Gasteiger partial charge in [-0.1, -0.05) is 42.0 Å². The molecule has 0 unspecified atom stereocenters. The summed E-state index contributed by atoms with van der Waals surface area (Å²) in [5, 5.41) is 6.19. The van der Waals surface area contributed by atoms with E-state index < -0.39 is 0 Å². The van der Waals surface area contributed by atoms with Gasteiger partial charge in [-0.15, -0.1) is 0 Å². The second-order valence-corrected chi connectivity index (χ2v) is 6.92. The summed E-state index contributed by atoms with van der Waals surface area (Å²) in [7, 11) is 0. The van der Waals surface area contributed by atoms with Crippen molar-refractivity contribution in [2.45, 2.75) is 44.9 Å². The van der Waals surface area contributed by atoms with Crippen molar-refractivity contribution in [2.24, 2.45) is 0 Å². The van der Waals surface area contributed by atoms with Crippen molar-refractivity contribution in [1.29, 1.82) is 0 Å². The first-order valence-corrected chi connectivity index (χ1v) is 9.87. The van der Waals surface area contributed by atoms with E-state index in [0.717, 1.165) is 25.8 Å². The topological polar surface area (TPSA) is 66.9 Å². The lowest BCUT2D eigenvalue weighted by Gasteiger charge is -2.12. The molecule has 5 heteroatoms.